The van der Waals surface area contributed by atoms with E-state index in [-0.39, 0.29) is 6.09 Å². The number of likely N-dealkylation sites (tertiary alicyclic amines) is 1. The lowest BCUT2D eigenvalue weighted by molar-refractivity contribution is 0.0942. The van der Waals surface area contributed by atoms with E-state index in [0.717, 1.165) is 31.2 Å². The number of carbonyl (C=O) groups excluding carboxylic acids is 1. The molecule has 0 radical (unpaired) electrons. The third-order valence-corrected chi connectivity index (χ3v) is 5.51. The minimum atomic E-state index is -0.147. The number of carbonyl (C=O) groups is 1. The van der Waals surface area contributed by atoms with Crippen LogP contribution in [0.2, 0.25) is 0 Å². The minimum Gasteiger partial charge on any atom is -0.450 e. The number of rotatable bonds is 5. The van der Waals surface area contributed by atoms with E-state index < -0.39 is 0 Å². The number of nitrogens with zero attached hydrogens (tertiary/aromatic N) is 1. The zero-order chi connectivity index (χ0) is 14.4. The van der Waals surface area contributed by atoms with Crippen molar-refractivity contribution in [3.05, 3.63) is 0 Å². The first-order valence-electron chi connectivity index (χ1n) is 8.02. The van der Waals surface area contributed by atoms with Gasteiger partial charge in [-0.05, 0) is 44.8 Å². The van der Waals surface area contributed by atoms with E-state index in [0.29, 0.717) is 18.7 Å². The quantitative estimate of drug-likeness (QED) is 0.848. The van der Waals surface area contributed by atoms with Crippen LogP contribution in [0.4, 0.5) is 4.79 Å². The topological polar surface area (TPSA) is 41.6 Å². The molecule has 0 aromatic rings. The van der Waals surface area contributed by atoms with E-state index in [4.69, 9.17) is 4.74 Å². The molecule has 1 saturated heterocycles. The van der Waals surface area contributed by atoms with Crippen molar-refractivity contribution in [2.24, 2.45) is 0 Å². The standard InChI is InChI=1S/C15H28N2O2S/c1-3-19-15(18)17-9-7-12(8-10-17)16-13-5-6-14(11-13)20-4-2/h12-14,16H,3-11H2,1-2H3. The van der Waals surface area contributed by atoms with E-state index in [1.165, 1.54) is 25.0 Å². The number of ether oxygens (including phenoxy) is 1. The van der Waals surface area contributed by atoms with Gasteiger partial charge in [-0.3, -0.25) is 0 Å². The molecular weight excluding hydrogens is 272 g/mol. The Balaban J connectivity index is 1.66. The summed E-state index contributed by atoms with van der Waals surface area (Å²) in [5.41, 5.74) is 0. The van der Waals surface area contributed by atoms with E-state index >= 15 is 0 Å². The second kappa shape index (κ2) is 8.13. The molecule has 20 heavy (non-hydrogen) atoms. The molecule has 116 valence electrons. The molecule has 0 aromatic carbocycles. The van der Waals surface area contributed by atoms with Crippen molar-refractivity contribution < 1.29 is 9.53 Å². The third kappa shape index (κ3) is 4.55. The largest absolute Gasteiger partial charge is 0.450 e. The SMILES string of the molecule is CCOC(=O)N1CCC(NC2CCC(SCC)C2)CC1. The van der Waals surface area contributed by atoms with Crippen LogP contribution in [0.15, 0.2) is 0 Å². The van der Waals surface area contributed by atoms with E-state index in [9.17, 15) is 4.79 Å². The Labute approximate surface area is 127 Å². The van der Waals surface area contributed by atoms with Gasteiger partial charge in [-0.2, -0.15) is 11.8 Å². The van der Waals surface area contributed by atoms with E-state index in [1.807, 2.05) is 11.8 Å². The summed E-state index contributed by atoms with van der Waals surface area (Å²) in [7, 11) is 0. The lowest BCUT2D eigenvalue weighted by atomic mass is 10.0. The minimum absolute atomic E-state index is 0.147. The Morgan fingerprint density at radius 2 is 1.95 bits per heavy atom. The lowest BCUT2D eigenvalue weighted by Gasteiger charge is -2.33. The van der Waals surface area contributed by atoms with Gasteiger partial charge in [-0.15, -0.1) is 0 Å². The Bertz CT molecular complexity index is 306. The monoisotopic (exact) mass is 300 g/mol. The molecule has 0 aromatic heterocycles. The second-order valence-corrected chi connectivity index (χ2v) is 7.29. The Kier molecular flexibility index (Phi) is 6.49. The average Bonchev–Trinajstić information content (AvgIpc) is 2.88. The van der Waals surface area contributed by atoms with Gasteiger partial charge in [0.2, 0.25) is 0 Å². The highest BCUT2D eigenvalue weighted by Crippen LogP contribution is 2.30. The highest BCUT2D eigenvalue weighted by molar-refractivity contribution is 7.99. The number of thioether (sulfide) groups is 1. The fraction of sp³-hybridized carbons (Fsp3) is 0.933. The molecule has 2 atom stereocenters. The zero-order valence-corrected chi connectivity index (χ0v) is 13.6. The lowest BCUT2D eigenvalue weighted by Crippen LogP contribution is -2.47. The van der Waals surface area contributed by atoms with Crippen LogP contribution in [-0.2, 0) is 4.74 Å². The summed E-state index contributed by atoms with van der Waals surface area (Å²) in [5.74, 6) is 1.23. The molecule has 4 nitrogen and oxygen atoms in total. The third-order valence-electron chi connectivity index (χ3n) is 4.28. The van der Waals surface area contributed by atoms with Gasteiger partial charge >= 0.3 is 6.09 Å². The number of nitrogens with one attached hydrogen (secondary N) is 1. The molecule has 1 saturated carbocycles. The molecule has 2 aliphatic rings. The van der Waals surface area contributed by atoms with Gasteiger partial charge in [0, 0.05) is 30.4 Å². The second-order valence-electron chi connectivity index (χ2n) is 5.71. The van der Waals surface area contributed by atoms with Gasteiger partial charge in [0.05, 0.1) is 6.61 Å². The first-order chi connectivity index (χ1) is 9.72. The Morgan fingerprint density at radius 3 is 2.60 bits per heavy atom. The maximum atomic E-state index is 11.6. The van der Waals surface area contributed by atoms with Crippen molar-refractivity contribution in [3.63, 3.8) is 0 Å². The first-order valence-corrected chi connectivity index (χ1v) is 9.07. The van der Waals surface area contributed by atoms with Gasteiger partial charge in [-0.1, -0.05) is 6.92 Å². The van der Waals surface area contributed by atoms with Crippen LogP contribution in [0.25, 0.3) is 0 Å². The molecule has 0 bridgehead atoms. The van der Waals surface area contributed by atoms with E-state index in [2.05, 4.69) is 24.0 Å². The van der Waals surface area contributed by atoms with Crippen LogP contribution >= 0.6 is 11.8 Å². The molecule has 1 amide bonds. The van der Waals surface area contributed by atoms with Crippen LogP contribution in [0.3, 0.4) is 0 Å². The molecule has 2 rings (SSSR count). The van der Waals surface area contributed by atoms with Crippen LogP contribution in [0.1, 0.15) is 46.0 Å². The normalized spacial score (nSPS) is 27.8. The maximum Gasteiger partial charge on any atom is 0.409 e. The summed E-state index contributed by atoms with van der Waals surface area (Å²) >= 11 is 2.11. The summed E-state index contributed by atoms with van der Waals surface area (Å²) in [5, 5.41) is 4.66. The highest BCUT2D eigenvalue weighted by Gasteiger charge is 2.29. The van der Waals surface area contributed by atoms with Crippen molar-refractivity contribution in [2.75, 3.05) is 25.4 Å². The van der Waals surface area contributed by atoms with Crippen molar-refractivity contribution in [3.8, 4) is 0 Å². The number of amides is 1. The molecule has 2 unspecified atom stereocenters. The number of hydrogen-bond donors (Lipinski definition) is 1. The fourth-order valence-electron chi connectivity index (χ4n) is 3.26. The summed E-state index contributed by atoms with van der Waals surface area (Å²) in [6.07, 6.45) is 5.96. The van der Waals surface area contributed by atoms with Gasteiger partial charge < -0.3 is 15.0 Å². The van der Waals surface area contributed by atoms with Gasteiger partial charge in [0.15, 0.2) is 0 Å². The van der Waals surface area contributed by atoms with E-state index in [1.54, 1.807) is 0 Å². The summed E-state index contributed by atoms with van der Waals surface area (Å²) in [4.78, 5) is 13.5. The molecule has 1 N–H and O–H groups in total. The van der Waals surface area contributed by atoms with Crippen molar-refractivity contribution >= 4 is 17.9 Å². The van der Waals surface area contributed by atoms with Crippen LogP contribution in [-0.4, -0.2) is 53.8 Å². The Morgan fingerprint density at radius 1 is 1.20 bits per heavy atom. The smallest absolute Gasteiger partial charge is 0.409 e. The predicted molar refractivity (Wildman–Crippen MR) is 84.3 cm³/mol. The zero-order valence-electron chi connectivity index (χ0n) is 12.8. The first kappa shape index (κ1) is 16.0. The number of hydrogen-bond acceptors (Lipinski definition) is 4. The maximum absolute atomic E-state index is 11.6. The summed E-state index contributed by atoms with van der Waals surface area (Å²) in [6, 6.07) is 1.27. The molecular formula is C15H28N2O2S. The van der Waals surface area contributed by atoms with Crippen molar-refractivity contribution in [1.82, 2.24) is 10.2 Å². The van der Waals surface area contributed by atoms with Gasteiger partial charge in [0.25, 0.3) is 0 Å². The number of piperidine rings is 1. The van der Waals surface area contributed by atoms with Crippen LogP contribution < -0.4 is 5.32 Å². The molecule has 1 aliphatic carbocycles. The predicted octanol–water partition coefficient (Wildman–Crippen LogP) is 2.87. The van der Waals surface area contributed by atoms with Crippen molar-refractivity contribution in [1.29, 1.82) is 0 Å². The summed E-state index contributed by atoms with van der Waals surface area (Å²) in [6.45, 7) is 6.23. The van der Waals surface area contributed by atoms with Crippen LogP contribution in [0, 0.1) is 0 Å². The molecule has 5 heteroatoms. The molecule has 1 aliphatic heterocycles. The van der Waals surface area contributed by atoms with Gasteiger partial charge in [0.1, 0.15) is 0 Å². The molecule has 2 fully saturated rings. The molecule has 0 spiro atoms. The molecule has 1 heterocycles. The Hall–Kier alpha value is -0.420. The van der Waals surface area contributed by atoms with Crippen molar-refractivity contribution in [2.45, 2.75) is 63.3 Å². The highest BCUT2D eigenvalue weighted by atomic mass is 32.2. The van der Waals surface area contributed by atoms with Crippen LogP contribution in [0.5, 0.6) is 0 Å². The average molecular weight is 300 g/mol. The fourth-order valence-corrected chi connectivity index (χ4v) is 4.40. The summed E-state index contributed by atoms with van der Waals surface area (Å²) < 4.78 is 5.05. The van der Waals surface area contributed by atoms with Gasteiger partial charge in [-0.25, -0.2) is 4.79 Å².